The molecular weight excluding hydrogens is 569 g/mol. The van der Waals surface area contributed by atoms with Gasteiger partial charge in [-0.3, -0.25) is 0 Å². The van der Waals surface area contributed by atoms with E-state index in [1.165, 1.54) is 49.6 Å². The highest BCUT2D eigenvalue weighted by molar-refractivity contribution is 5.99. The Morgan fingerprint density at radius 3 is 2.30 bits per heavy atom. The van der Waals surface area contributed by atoms with Gasteiger partial charge in [-0.25, -0.2) is 0 Å². The van der Waals surface area contributed by atoms with Gasteiger partial charge in [0.2, 0.25) is 0 Å². The number of anilines is 1. The van der Waals surface area contributed by atoms with Gasteiger partial charge in [0.25, 0.3) is 0 Å². The highest BCUT2D eigenvalue weighted by Gasteiger charge is 2.41. The summed E-state index contributed by atoms with van der Waals surface area (Å²) < 4.78 is 0. The first kappa shape index (κ1) is 32.1. The van der Waals surface area contributed by atoms with E-state index in [2.05, 4.69) is 149 Å². The second kappa shape index (κ2) is 13.1. The standard InChI is InChI=1S/C45H46N2/c1-7-27-45(30-34-16-14-17-35(29-34)31-46,42-32(3)23-24-36-18-9-11-20-38(36)42)33(4)15-13-22-41-44(5,6)40-26-25-37-19-10-12-21-39(37)43(40)47(41)28-8-2/h9-26,29H,4,7-8,27-28,30H2,1-3,5-6H3/b15-13+,41-22+. The summed E-state index contributed by atoms with van der Waals surface area (Å²) in [5, 5.41) is 14.8. The summed E-state index contributed by atoms with van der Waals surface area (Å²) in [4.78, 5) is 2.55. The maximum Gasteiger partial charge on any atom is 0.0991 e. The minimum absolute atomic E-state index is 0.134. The van der Waals surface area contributed by atoms with E-state index < -0.39 is 0 Å². The van der Waals surface area contributed by atoms with Gasteiger partial charge >= 0.3 is 0 Å². The fraction of sp³-hybridized carbons (Fsp3) is 0.267. The smallest absolute Gasteiger partial charge is 0.0991 e. The fourth-order valence-electron chi connectivity index (χ4n) is 8.09. The predicted molar refractivity (Wildman–Crippen MR) is 201 cm³/mol. The number of aryl methyl sites for hydroxylation is 1. The van der Waals surface area contributed by atoms with E-state index in [1.807, 2.05) is 12.1 Å². The number of hydrogen-bond donors (Lipinski definition) is 0. The third kappa shape index (κ3) is 5.70. The number of nitriles is 1. The van der Waals surface area contributed by atoms with E-state index in [0.717, 1.165) is 43.4 Å². The molecule has 6 rings (SSSR count). The number of allylic oxidation sites excluding steroid dienone is 5. The zero-order chi connectivity index (χ0) is 33.2. The predicted octanol–water partition coefficient (Wildman–Crippen LogP) is 11.7. The highest BCUT2D eigenvalue weighted by atomic mass is 15.2. The molecule has 1 atom stereocenters. The molecule has 0 saturated carbocycles. The van der Waals surface area contributed by atoms with Crippen LogP contribution in [0.5, 0.6) is 0 Å². The largest absolute Gasteiger partial charge is 0.343 e. The molecular formula is C45H46N2. The lowest BCUT2D eigenvalue weighted by Crippen LogP contribution is -2.32. The van der Waals surface area contributed by atoms with E-state index >= 15 is 0 Å². The van der Waals surface area contributed by atoms with E-state index in [1.54, 1.807) is 0 Å². The SMILES string of the molecule is C=C(/C=C/C=C1/N(CCC)c2c(ccc3ccccc23)C1(C)C)C(CCC)(Cc1cccc(C#N)c1)c1c(C)ccc2ccccc12. The van der Waals surface area contributed by atoms with Crippen molar-refractivity contribution in [1.29, 1.82) is 5.26 Å². The van der Waals surface area contributed by atoms with Crippen LogP contribution >= 0.6 is 0 Å². The van der Waals surface area contributed by atoms with Crippen LogP contribution in [0.1, 0.15) is 74.8 Å². The lowest BCUT2D eigenvalue weighted by atomic mass is 9.65. The van der Waals surface area contributed by atoms with Crippen molar-refractivity contribution in [2.45, 2.75) is 71.1 Å². The van der Waals surface area contributed by atoms with Crippen LogP contribution in [0.4, 0.5) is 5.69 Å². The van der Waals surface area contributed by atoms with Crippen molar-refractivity contribution in [3.8, 4) is 6.07 Å². The molecule has 5 aromatic rings. The first-order chi connectivity index (χ1) is 22.7. The van der Waals surface area contributed by atoms with Crippen LogP contribution in [0, 0.1) is 18.3 Å². The third-order valence-electron chi connectivity index (χ3n) is 10.2. The zero-order valence-corrected chi connectivity index (χ0v) is 28.6. The Balaban J connectivity index is 1.49. The first-order valence-corrected chi connectivity index (χ1v) is 17.1. The summed E-state index contributed by atoms with van der Waals surface area (Å²) in [6.07, 6.45) is 10.6. The van der Waals surface area contributed by atoms with Crippen molar-refractivity contribution < 1.29 is 0 Å². The molecule has 0 aliphatic carbocycles. The molecule has 0 radical (unpaired) electrons. The molecule has 2 heteroatoms. The van der Waals surface area contributed by atoms with Crippen LogP contribution in [0.3, 0.4) is 0 Å². The minimum atomic E-state index is -0.351. The van der Waals surface area contributed by atoms with Gasteiger partial charge in [0.15, 0.2) is 0 Å². The van der Waals surface area contributed by atoms with Crippen LogP contribution in [0.2, 0.25) is 0 Å². The Hall–Kier alpha value is -4.87. The van der Waals surface area contributed by atoms with Crippen molar-refractivity contribution in [2.24, 2.45) is 0 Å². The highest BCUT2D eigenvalue weighted by Crippen LogP contribution is 2.51. The van der Waals surface area contributed by atoms with Crippen molar-refractivity contribution in [2.75, 3.05) is 11.4 Å². The van der Waals surface area contributed by atoms with Gasteiger partial charge in [-0.05, 0) is 88.4 Å². The molecule has 0 amide bonds. The Kier molecular flexibility index (Phi) is 8.94. The number of benzene rings is 5. The summed E-state index contributed by atoms with van der Waals surface area (Å²) in [7, 11) is 0. The molecule has 0 N–H and O–H groups in total. The van der Waals surface area contributed by atoms with Gasteiger partial charge < -0.3 is 4.90 Å². The monoisotopic (exact) mass is 614 g/mol. The van der Waals surface area contributed by atoms with Crippen LogP contribution in [-0.4, -0.2) is 6.54 Å². The molecule has 1 heterocycles. The van der Waals surface area contributed by atoms with Crippen molar-refractivity contribution in [1.82, 2.24) is 0 Å². The zero-order valence-electron chi connectivity index (χ0n) is 28.6. The second-order valence-corrected chi connectivity index (χ2v) is 13.7. The van der Waals surface area contributed by atoms with Gasteiger partial charge in [-0.1, -0.05) is 138 Å². The van der Waals surface area contributed by atoms with E-state index in [0.29, 0.717) is 5.56 Å². The fourth-order valence-corrected chi connectivity index (χ4v) is 8.09. The Morgan fingerprint density at radius 1 is 0.872 bits per heavy atom. The lowest BCUT2D eigenvalue weighted by molar-refractivity contribution is 0.463. The first-order valence-electron chi connectivity index (χ1n) is 17.1. The number of hydrogen-bond acceptors (Lipinski definition) is 2. The van der Waals surface area contributed by atoms with Gasteiger partial charge in [0, 0.05) is 28.5 Å². The van der Waals surface area contributed by atoms with E-state index in [9.17, 15) is 5.26 Å². The third-order valence-corrected chi connectivity index (χ3v) is 10.2. The summed E-state index contributed by atoms with van der Waals surface area (Å²) in [5.41, 5.74) is 9.12. The van der Waals surface area contributed by atoms with Gasteiger partial charge in [0.1, 0.15) is 0 Å². The number of fused-ring (bicyclic) bond motifs is 4. The average Bonchev–Trinajstić information content (AvgIpc) is 3.30. The summed E-state index contributed by atoms with van der Waals surface area (Å²) in [6.45, 7) is 17.3. The molecule has 0 saturated heterocycles. The molecule has 5 aromatic carbocycles. The maximum atomic E-state index is 9.73. The molecule has 2 nitrogen and oxygen atoms in total. The Labute approximate surface area is 281 Å². The van der Waals surface area contributed by atoms with Crippen LogP contribution < -0.4 is 4.90 Å². The number of rotatable bonds is 10. The van der Waals surface area contributed by atoms with Gasteiger partial charge in [0.05, 0.1) is 17.3 Å². The molecule has 47 heavy (non-hydrogen) atoms. The Bertz CT molecular complexity index is 2070. The Morgan fingerprint density at radius 2 is 1.57 bits per heavy atom. The molecule has 1 aliphatic rings. The van der Waals surface area contributed by atoms with Crippen LogP contribution in [-0.2, 0) is 17.3 Å². The second-order valence-electron chi connectivity index (χ2n) is 13.7. The summed E-state index contributed by atoms with van der Waals surface area (Å²) >= 11 is 0. The van der Waals surface area contributed by atoms with E-state index in [-0.39, 0.29) is 10.8 Å². The average molecular weight is 615 g/mol. The molecule has 1 unspecified atom stereocenters. The van der Waals surface area contributed by atoms with Crippen LogP contribution in [0.15, 0.2) is 133 Å². The number of nitrogens with zero attached hydrogens (tertiary/aromatic N) is 2. The quantitative estimate of drug-likeness (QED) is 0.146. The van der Waals surface area contributed by atoms with Crippen molar-refractivity contribution >= 4 is 27.2 Å². The van der Waals surface area contributed by atoms with E-state index in [4.69, 9.17) is 6.58 Å². The molecule has 0 spiro atoms. The van der Waals surface area contributed by atoms with Crippen molar-refractivity contribution in [3.05, 3.63) is 161 Å². The van der Waals surface area contributed by atoms with Gasteiger partial charge in [-0.2, -0.15) is 5.26 Å². The maximum absolute atomic E-state index is 9.73. The molecule has 0 bridgehead atoms. The minimum Gasteiger partial charge on any atom is -0.343 e. The van der Waals surface area contributed by atoms with Crippen molar-refractivity contribution in [3.63, 3.8) is 0 Å². The van der Waals surface area contributed by atoms with Crippen LogP contribution in [0.25, 0.3) is 21.5 Å². The molecule has 236 valence electrons. The summed E-state index contributed by atoms with van der Waals surface area (Å²) in [5.74, 6) is 0. The van der Waals surface area contributed by atoms with Gasteiger partial charge in [-0.15, -0.1) is 0 Å². The molecule has 0 aromatic heterocycles. The summed E-state index contributed by atoms with van der Waals surface area (Å²) in [6, 6.07) is 37.1. The lowest BCUT2D eigenvalue weighted by Gasteiger charge is -2.38. The molecule has 1 aliphatic heterocycles. The topological polar surface area (TPSA) is 27.0 Å². The normalized spacial score (nSPS) is 16.1. The molecule has 0 fully saturated rings.